The number of nitrogens with zero attached hydrogens (tertiary/aromatic N) is 1. The molecule has 6 nitrogen and oxygen atoms in total. The molecule has 1 aromatic carbocycles. The molecule has 3 rings (SSSR count). The third-order valence-corrected chi connectivity index (χ3v) is 6.17. The van der Waals surface area contributed by atoms with Crippen LogP contribution in [0.3, 0.4) is 0 Å². The number of rotatable bonds is 9. The summed E-state index contributed by atoms with van der Waals surface area (Å²) in [5.74, 6) is 0.634. The van der Waals surface area contributed by atoms with E-state index in [4.69, 9.17) is 4.74 Å². The number of carbonyl (C=O) groups is 2. The van der Waals surface area contributed by atoms with Crippen molar-refractivity contribution >= 4 is 23.2 Å². The number of carbonyl (C=O) groups excluding carboxylic acids is 2. The molecular weight excluding hydrogens is 378 g/mol. The second-order valence-corrected chi connectivity index (χ2v) is 8.75. The lowest BCUT2D eigenvalue weighted by molar-refractivity contribution is -0.116. The van der Waals surface area contributed by atoms with Crippen LogP contribution in [0.15, 0.2) is 18.2 Å². The standard InChI is InChI=1S/C24H37N3O3/c1-3-4-5-8-23(28)26-19-9-10-22(27-13-11-18(2)12-14-27)21(16-19)24(29)25-17-20-7-6-15-30-20/h9-10,16,18,20H,3-8,11-15,17H2,1-2H3,(H,25,29)(H,26,28)/t20-/m1/s1. The SMILES string of the molecule is CCCCCC(=O)Nc1ccc(N2CCC(C)CC2)c(C(=O)NC[C@H]2CCCO2)c1. The van der Waals surface area contributed by atoms with Gasteiger partial charge in [0.25, 0.3) is 5.91 Å². The molecule has 166 valence electrons. The fourth-order valence-corrected chi connectivity index (χ4v) is 4.19. The molecule has 2 heterocycles. The van der Waals surface area contributed by atoms with Crippen LogP contribution in [-0.4, -0.2) is 44.2 Å². The number of unbranched alkanes of at least 4 members (excludes halogenated alkanes) is 2. The van der Waals surface area contributed by atoms with E-state index in [0.717, 1.165) is 76.2 Å². The predicted octanol–water partition coefficient (Wildman–Crippen LogP) is 4.35. The van der Waals surface area contributed by atoms with Crippen LogP contribution in [0.5, 0.6) is 0 Å². The number of hydrogen-bond donors (Lipinski definition) is 2. The van der Waals surface area contributed by atoms with Crippen LogP contribution in [0.4, 0.5) is 11.4 Å². The molecule has 0 unspecified atom stereocenters. The van der Waals surface area contributed by atoms with E-state index in [2.05, 4.69) is 29.4 Å². The maximum Gasteiger partial charge on any atom is 0.253 e. The minimum Gasteiger partial charge on any atom is -0.376 e. The van der Waals surface area contributed by atoms with Crippen molar-refractivity contribution in [2.24, 2.45) is 5.92 Å². The minimum atomic E-state index is -0.0961. The van der Waals surface area contributed by atoms with E-state index in [-0.39, 0.29) is 17.9 Å². The lowest BCUT2D eigenvalue weighted by Crippen LogP contribution is -2.36. The maximum atomic E-state index is 13.1. The second kappa shape index (κ2) is 11.3. The molecule has 1 atom stereocenters. The summed E-state index contributed by atoms with van der Waals surface area (Å²) in [6, 6.07) is 5.73. The molecule has 6 heteroatoms. The van der Waals surface area contributed by atoms with Gasteiger partial charge in [-0.25, -0.2) is 0 Å². The predicted molar refractivity (Wildman–Crippen MR) is 121 cm³/mol. The van der Waals surface area contributed by atoms with E-state index < -0.39 is 0 Å². The Kier molecular flexibility index (Phi) is 8.55. The topological polar surface area (TPSA) is 70.7 Å². The maximum absolute atomic E-state index is 13.1. The van der Waals surface area contributed by atoms with Crippen LogP contribution in [-0.2, 0) is 9.53 Å². The quantitative estimate of drug-likeness (QED) is 0.588. The Morgan fingerprint density at radius 3 is 2.67 bits per heavy atom. The van der Waals surface area contributed by atoms with E-state index >= 15 is 0 Å². The van der Waals surface area contributed by atoms with Gasteiger partial charge in [-0.1, -0.05) is 26.7 Å². The number of ether oxygens (including phenoxy) is 1. The first kappa shape index (κ1) is 22.6. The number of nitrogens with one attached hydrogen (secondary N) is 2. The fourth-order valence-electron chi connectivity index (χ4n) is 4.19. The van der Waals surface area contributed by atoms with Crippen molar-refractivity contribution in [3.8, 4) is 0 Å². The van der Waals surface area contributed by atoms with Gasteiger partial charge in [-0.2, -0.15) is 0 Å². The lowest BCUT2D eigenvalue weighted by atomic mass is 9.97. The number of amides is 2. The molecule has 2 saturated heterocycles. The van der Waals surface area contributed by atoms with Crippen molar-refractivity contribution in [2.45, 2.75) is 71.3 Å². The highest BCUT2D eigenvalue weighted by Gasteiger charge is 2.23. The molecule has 0 spiro atoms. The summed E-state index contributed by atoms with van der Waals surface area (Å²) in [7, 11) is 0. The Hall–Kier alpha value is -2.08. The van der Waals surface area contributed by atoms with Crippen LogP contribution >= 0.6 is 0 Å². The van der Waals surface area contributed by atoms with E-state index in [1.165, 1.54) is 0 Å². The van der Waals surface area contributed by atoms with Crippen LogP contribution < -0.4 is 15.5 Å². The zero-order chi connectivity index (χ0) is 21.3. The molecule has 2 amide bonds. The fraction of sp³-hybridized carbons (Fsp3) is 0.667. The summed E-state index contributed by atoms with van der Waals surface area (Å²) >= 11 is 0. The van der Waals surface area contributed by atoms with Crippen molar-refractivity contribution in [2.75, 3.05) is 36.5 Å². The molecule has 0 radical (unpaired) electrons. The highest BCUT2D eigenvalue weighted by atomic mass is 16.5. The molecule has 0 bridgehead atoms. The van der Waals surface area contributed by atoms with Crippen LogP contribution in [0.2, 0.25) is 0 Å². The molecule has 0 saturated carbocycles. The van der Waals surface area contributed by atoms with Gasteiger partial charge in [0.1, 0.15) is 0 Å². The number of hydrogen-bond acceptors (Lipinski definition) is 4. The molecule has 2 aliphatic rings. The minimum absolute atomic E-state index is 0.00807. The van der Waals surface area contributed by atoms with Crippen molar-refractivity contribution in [1.82, 2.24) is 5.32 Å². The van der Waals surface area contributed by atoms with Crippen LogP contribution in [0.25, 0.3) is 0 Å². The first-order valence-corrected chi connectivity index (χ1v) is 11.7. The Balaban J connectivity index is 1.72. The van der Waals surface area contributed by atoms with Crippen molar-refractivity contribution in [3.63, 3.8) is 0 Å². The highest BCUT2D eigenvalue weighted by molar-refractivity contribution is 6.02. The van der Waals surface area contributed by atoms with Gasteiger partial charge in [-0.15, -0.1) is 0 Å². The van der Waals surface area contributed by atoms with Gasteiger partial charge in [0, 0.05) is 44.0 Å². The largest absolute Gasteiger partial charge is 0.376 e. The van der Waals surface area contributed by atoms with Crippen molar-refractivity contribution in [1.29, 1.82) is 0 Å². The van der Waals surface area contributed by atoms with Gasteiger partial charge in [-0.3, -0.25) is 9.59 Å². The number of benzene rings is 1. The summed E-state index contributed by atoms with van der Waals surface area (Å²) in [5, 5.41) is 6.02. The van der Waals surface area contributed by atoms with E-state index in [9.17, 15) is 9.59 Å². The molecule has 0 aromatic heterocycles. The zero-order valence-electron chi connectivity index (χ0n) is 18.5. The first-order chi connectivity index (χ1) is 14.6. The van der Waals surface area contributed by atoms with E-state index in [1.54, 1.807) is 0 Å². The van der Waals surface area contributed by atoms with Crippen LogP contribution in [0.1, 0.15) is 75.6 Å². The van der Waals surface area contributed by atoms with Gasteiger partial charge < -0.3 is 20.3 Å². The summed E-state index contributed by atoms with van der Waals surface area (Å²) in [6.45, 7) is 7.62. The second-order valence-electron chi connectivity index (χ2n) is 8.75. The molecule has 2 aliphatic heterocycles. The molecule has 2 N–H and O–H groups in total. The molecule has 1 aromatic rings. The molecule has 0 aliphatic carbocycles. The zero-order valence-corrected chi connectivity index (χ0v) is 18.5. The third-order valence-electron chi connectivity index (χ3n) is 6.17. The summed E-state index contributed by atoms with van der Waals surface area (Å²) in [4.78, 5) is 27.6. The third kappa shape index (κ3) is 6.46. The lowest BCUT2D eigenvalue weighted by Gasteiger charge is -2.33. The molecule has 30 heavy (non-hydrogen) atoms. The average molecular weight is 416 g/mol. The van der Waals surface area contributed by atoms with Gasteiger partial charge >= 0.3 is 0 Å². The summed E-state index contributed by atoms with van der Waals surface area (Å²) in [5.41, 5.74) is 2.28. The van der Waals surface area contributed by atoms with Crippen molar-refractivity contribution < 1.29 is 14.3 Å². The monoisotopic (exact) mass is 415 g/mol. The van der Waals surface area contributed by atoms with E-state index in [0.29, 0.717) is 24.2 Å². The van der Waals surface area contributed by atoms with Crippen LogP contribution in [0, 0.1) is 5.92 Å². The van der Waals surface area contributed by atoms with Gasteiger partial charge in [0.2, 0.25) is 5.91 Å². The molecule has 2 fully saturated rings. The number of piperidine rings is 1. The summed E-state index contributed by atoms with van der Waals surface area (Å²) in [6.07, 6.45) is 7.96. The van der Waals surface area contributed by atoms with Gasteiger partial charge in [0.05, 0.1) is 11.7 Å². The Morgan fingerprint density at radius 1 is 1.17 bits per heavy atom. The average Bonchev–Trinajstić information content (AvgIpc) is 3.26. The first-order valence-electron chi connectivity index (χ1n) is 11.7. The normalized spacial score (nSPS) is 19.7. The Morgan fingerprint density at radius 2 is 1.97 bits per heavy atom. The molecular formula is C24H37N3O3. The van der Waals surface area contributed by atoms with E-state index in [1.807, 2.05) is 18.2 Å². The van der Waals surface area contributed by atoms with Gasteiger partial charge in [-0.05, 0) is 56.2 Å². The Bertz CT molecular complexity index is 708. The Labute approximate surface area is 180 Å². The number of anilines is 2. The summed E-state index contributed by atoms with van der Waals surface area (Å²) < 4.78 is 5.64. The van der Waals surface area contributed by atoms with Gasteiger partial charge in [0.15, 0.2) is 0 Å². The highest BCUT2D eigenvalue weighted by Crippen LogP contribution is 2.29. The van der Waals surface area contributed by atoms with Crippen molar-refractivity contribution in [3.05, 3.63) is 23.8 Å². The smallest absolute Gasteiger partial charge is 0.253 e.